The van der Waals surface area contributed by atoms with Crippen LogP contribution in [0.25, 0.3) is 0 Å². The fourth-order valence-corrected chi connectivity index (χ4v) is 2.08. The van der Waals surface area contributed by atoms with Crippen LogP contribution in [0.3, 0.4) is 0 Å². The lowest BCUT2D eigenvalue weighted by atomic mass is 10.3. The smallest absolute Gasteiger partial charge is 0.327 e. The zero-order valence-corrected chi connectivity index (χ0v) is 21.4. The van der Waals surface area contributed by atoms with Crippen molar-refractivity contribution in [3.63, 3.8) is 0 Å². The van der Waals surface area contributed by atoms with Crippen LogP contribution in [0, 0.1) is 0 Å². The van der Waals surface area contributed by atoms with Gasteiger partial charge >= 0.3 is 5.97 Å². The summed E-state index contributed by atoms with van der Waals surface area (Å²) in [6.07, 6.45) is 2.52. The number of aliphatic hydroxyl groups excluding tert-OH is 2. The molecular weight excluding hydrogens is 480 g/mol. The number of carbonyl (C=O) groups is 1. The zero-order valence-electron chi connectivity index (χ0n) is 21.4. The molecule has 214 valence electrons. The molecule has 0 saturated carbocycles. The summed E-state index contributed by atoms with van der Waals surface area (Å²) in [5, 5.41) is 25.6. The molecule has 12 nitrogen and oxygen atoms in total. The minimum atomic E-state index is -0.981. The minimum absolute atomic E-state index is 0.0272. The van der Waals surface area contributed by atoms with Gasteiger partial charge in [0.05, 0.1) is 118 Å². The molecule has 0 aliphatic rings. The second-order valence-electron chi connectivity index (χ2n) is 6.81. The maximum absolute atomic E-state index is 9.43. The van der Waals surface area contributed by atoms with Gasteiger partial charge in [0.25, 0.3) is 0 Å². The van der Waals surface area contributed by atoms with Gasteiger partial charge in [-0.3, -0.25) is 0 Å². The SMILES string of the molecule is C=CC(=O)O.C=CCC(O)COCCOCCOCCOCCOCCOCCOCCOCCO. The van der Waals surface area contributed by atoms with E-state index >= 15 is 0 Å². The van der Waals surface area contributed by atoms with E-state index < -0.39 is 12.1 Å². The molecule has 36 heavy (non-hydrogen) atoms. The molecule has 0 heterocycles. The molecule has 0 amide bonds. The average Bonchev–Trinajstić information content (AvgIpc) is 2.87. The first-order chi connectivity index (χ1) is 17.6. The molecule has 0 aromatic carbocycles. The quantitative estimate of drug-likeness (QED) is 0.0731. The number of carboxylic acids is 1. The molecule has 0 aromatic rings. The van der Waals surface area contributed by atoms with Crippen molar-refractivity contribution in [2.24, 2.45) is 0 Å². The largest absolute Gasteiger partial charge is 0.478 e. The summed E-state index contributed by atoms with van der Waals surface area (Å²) in [4.78, 5) is 9.25. The van der Waals surface area contributed by atoms with E-state index in [1.165, 1.54) is 0 Å². The Kier molecular flexibility index (Phi) is 34.2. The predicted molar refractivity (Wildman–Crippen MR) is 132 cm³/mol. The fourth-order valence-electron chi connectivity index (χ4n) is 2.08. The van der Waals surface area contributed by atoms with Crippen molar-refractivity contribution in [1.82, 2.24) is 0 Å². The van der Waals surface area contributed by atoms with Gasteiger partial charge in [-0.2, -0.15) is 0 Å². The highest BCUT2D eigenvalue weighted by atomic mass is 16.6. The molecule has 0 rings (SSSR count). The van der Waals surface area contributed by atoms with Crippen LogP contribution in [0.15, 0.2) is 25.3 Å². The number of ether oxygens (including phenoxy) is 8. The van der Waals surface area contributed by atoms with E-state index in [1.54, 1.807) is 6.08 Å². The van der Waals surface area contributed by atoms with Gasteiger partial charge in [0.1, 0.15) is 0 Å². The van der Waals surface area contributed by atoms with Gasteiger partial charge < -0.3 is 53.2 Å². The Labute approximate surface area is 214 Å². The van der Waals surface area contributed by atoms with Crippen molar-refractivity contribution in [3.8, 4) is 0 Å². The number of hydrogen-bond acceptors (Lipinski definition) is 11. The third-order valence-electron chi connectivity index (χ3n) is 3.76. The van der Waals surface area contributed by atoms with E-state index in [0.29, 0.717) is 112 Å². The monoisotopic (exact) mass is 526 g/mol. The van der Waals surface area contributed by atoms with Gasteiger partial charge in [0.15, 0.2) is 0 Å². The molecule has 0 bridgehead atoms. The Morgan fingerprint density at radius 2 is 0.889 bits per heavy atom. The normalized spacial score (nSPS) is 11.5. The van der Waals surface area contributed by atoms with Crippen LogP contribution in [0.1, 0.15) is 6.42 Å². The van der Waals surface area contributed by atoms with E-state index in [0.717, 1.165) is 6.08 Å². The number of carboxylic acid groups (broad SMARTS) is 1. The van der Waals surface area contributed by atoms with Crippen LogP contribution in [0.5, 0.6) is 0 Å². The Balaban J connectivity index is 0. The van der Waals surface area contributed by atoms with Gasteiger partial charge in [-0.25, -0.2) is 4.79 Å². The van der Waals surface area contributed by atoms with Crippen molar-refractivity contribution in [1.29, 1.82) is 0 Å². The molecule has 0 aliphatic carbocycles. The summed E-state index contributed by atoms with van der Waals surface area (Å²) in [6, 6.07) is 0. The maximum atomic E-state index is 9.43. The number of aliphatic hydroxyl groups is 2. The Hall–Kier alpha value is -1.45. The lowest BCUT2D eigenvalue weighted by Gasteiger charge is -2.10. The van der Waals surface area contributed by atoms with Crippen LogP contribution >= 0.6 is 0 Å². The van der Waals surface area contributed by atoms with Crippen molar-refractivity contribution in [2.45, 2.75) is 12.5 Å². The zero-order chi connectivity index (χ0) is 27.0. The Bertz CT molecular complexity index is 464. The van der Waals surface area contributed by atoms with E-state index in [2.05, 4.69) is 13.2 Å². The van der Waals surface area contributed by atoms with Crippen LogP contribution in [0.2, 0.25) is 0 Å². The van der Waals surface area contributed by atoms with Gasteiger partial charge in [0.2, 0.25) is 0 Å². The van der Waals surface area contributed by atoms with Gasteiger partial charge in [0, 0.05) is 6.08 Å². The van der Waals surface area contributed by atoms with Gasteiger partial charge in [-0.05, 0) is 6.42 Å². The summed E-state index contributed by atoms with van der Waals surface area (Å²) >= 11 is 0. The summed E-state index contributed by atoms with van der Waals surface area (Å²) in [5.41, 5.74) is 0. The molecule has 1 unspecified atom stereocenters. The lowest BCUT2D eigenvalue weighted by molar-refractivity contribution is -0.131. The number of aliphatic carboxylic acids is 1. The third kappa shape index (κ3) is 37.1. The highest BCUT2D eigenvalue weighted by Crippen LogP contribution is 1.93. The molecular formula is C24H46O12. The molecule has 0 saturated heterocycles. The number of hydrogen-bond donors (Lipinski definition) is 3. The maximum Gasteiger partial charge on any atom is 0.327 e. The van der Waals surface area contributed by atoms with Crippen LogP contribution in [-0.2, 0) is 42.7 Å². The molecule has 1 atom stereocenters. The predicted octanol–water partition coefficient (Wildman–Crippen LogP) is 0.306. The van der Waals surface area contributed by atoms with E-state index in [9.17, 15) is 9.90 Å². The molecule has 0 radical (unpaired) electrons. The summed E-state index contributed by atoms with van der Waals surface area (Å²) in [7, 11) is 0. The average molecular weight is 527 g/mol. The van der Waals surface area contributed by atoms with Crippen LogP contribution < -0.4 is 0 Å². The molecule has 12 heteroatoms. The highest BCUT2D eigenvalue weighted by Gasteiger charge is 2.00. The standard InChI is InChI=1S/C21H42O10.C3H4O2/c1-2-3-21(23)20-31-19-18-30-17-16-29-15-14-28-13-12-27-11-10-26-9-8-25-7-6-24-5-4-22;1-2-3(4)5/h2,21-23H,1,3-20H2;2H,1H2,(H,4,5). The van der Waals surface area contributed by atoms with E-state index in [1.807, 2.05) is 0 Å². The Morgan fingerprint density at radius 1 is 0.611 bits per heavy atom. The van der Waals surface area contributed by atoms with E-state index in [4.69, 9.17) is 48.1 Å². The second-order valence-corrected chi connectivity index (χ2v) is 6.81. The first-order valence-corrected chi connectivity index (χ1v) is 12.0. The molecule has 0 spiro atoms. The Morgan fingerprint density at radius 3 is 1.14 bits per heavy atom. The first kappa shape index (κ1) is 36.7. The van der Waals surface area contributed by atoms with E-state index in [-0.39, 0.29) is 6.61 Å². The lowest BCUT2D eigenvalue weighted by Crippen LogP contribution is -2.17. The summed E-state index contributed by atoms with van der Waals surface area (Å²) in [6.45, 7) is 14.1. The molecule has 0 aromatic heterocycles. The van der Waals surface area contributed by atoms with Crippen molar-refractivity contribution in [3.05, 3.63) is 25.3 Å². The fraction of sp³-hybridized carbons (Fsp3) is 0.792. The summed E-state index contributed by atoms with van der Waals surface area (Å²) < 4.78 is 42.6. The topological polar surface area (TPSA) is 152 Å². The van der Waals surface area contributed by atoms with Gasteiger partial charge in [-0.1, -0.05) is 12.7 Å². The molecule has 3 N–H and O–H groups in total. The van der Waals surface area contributed by atoms with Crippen LogP contribution in [0.4, 0.5) is 0 Å². The third-order valence-corrected chi connectivity index (χ3v) is 3.76. The summed E-state index contributed by atoms with van der Waals surface area (Å²) in [5.74, 6) is -0.981. The van der Waals surface area contributed by atoms with Gasteiger partial charge in [-0.15, -0.1) is 6.58 Å². The van der Waals surface area contributed by atoms with Crippen molar-refractivity contribution >= 4 is 5.97 Å². The molecule has 0 fully saturated rings. The second kappa shape index (κ2) is 33.5. The number of rotatable bonds is 28. The first-order valence-electron chi connectivity index (χ1n) is 12.0. The van der Waals surface area contributed by atoms with Crippen molar-refractivity contribution < 1.29 is 58.0 Å². The van der Waals surface area contributed by atoms with Crippen molar-refractivity contribution in [2.75, 3.05) is 112 Å². The highest BCUT2D eigenvalue weighted by molar-refractivity contribution is 5.78. The van der Waals surface area contributed by atoms with Crippen LogP contribution in [-0.4, -0.2) is 140 Å². The molecule has 0 aliphatic heterocycles. The minimum Gasteiger partial charge on any atom is -0.478 e.